The van der Waals surface area contributed by atoms with Crippen molar-refractivity contribution < 1.29 is 21.5 Å². The molecule has 0 aromatic carbocycles. The van der Waals surface area contributed by atoms with Crippen molar-refractivity contribution >= 4 is 0 Å². The van der Waals surface area contributed by atoms with Crippen molar-refractivity contribution in [1.29, 1.82) is 0 Å². The van der Waals surface area contributed by atoms with E-state index in [0.29, 0.717) is 0 Å². The predicted molar refractivity (Wildman–Crippen MR) is 80.1 cm³/mol. The first kappa shape index (κ1) is 20.8. The molecule has 0 saturated carbocycles. The molecule has 0 aromatic heterocycles. The Bertz CT molecular complexity index is 301. The van der Waals surface area contributed by atoms with Crippen LogP contribution >= 0.6 is 0 Å². The summed E-state index contributed by atoms with van der Waals surface area (Å²) in [5.41, 5.74) is 0. The lowest BCUT2D eigenvalue weighted by Crippen LogP contribution is -3.00. The smallest absolute Gasteiger partial charge is 0.141 e. The number of terminal acetylenes is 1. The fourth-order valence-corrected chi connectivity index (χ4v) is 1.99. The lowest BCUT2D eigenvalue weighted by Gasteiger charge is -2.32. The van der Waals surface area contributed by atoms with Crippen LogP contribution in [0.25, 0.3) is 0 Å². The van der Waals surface area contributed by atoms with Gasteiger partial charge in [-0.05, 0) is 38.8 Å². The largest absolute Gasteiger partial charge is 1.00 e. The molecule has 0 atom stereocenters. The number of hydrogen-bond acceptors (Lipinski definition) is 1. The normalized spacial score (nSPS) is 10.3. The zero-order valence-corrected chi connectivity index (χ0v) is 14.6. The minimum atomic E-state index is 0. The molecular weight excluding hydrogens is 300 g/mol. The van der Waals surface area contributed by atoms with Gasteiger partial charge in [0.15, 0.2) is 0 Å². The van der Waals surface area contributed by atoms with Gasteiger partial charge in [0, 0.05) is 13.0 Å². The first-order valence-corrected chi connectivity index (χ1v) is 7.14. The molecule has 0 fully saturated rings. The summed E-state index contributed by atoms with van der Waals surface area (Å²) in [5, 5.41) is 0. The second-order valence-corrected chi connectivity index (χ2v) is 4.62. The third-order valence-corrected chi connectivity index (χ3v) is 3.76. The van der Waals surface area contributed by atoms with E-state index in [2.05, 4.69) is 50.4 Å². The van der Waals surface area contributed by atoms with Gasteiger partial charge in [0.05, 0.1) is 13.1 Å². The molecule has 0 saturated heterocycles. The second kappa shape index (κ2) is 12.5. The highest BCUT2D eigenvalue weighted by atomic mass is 79.9. The molecule has 3 heteroatoms. The Morgan fingerprint density at radius 3 is 1.95 bits per heavy atom. The van der Waals surface area contributed by atoms with Crippen LogP contribution in [0.3, 0.4) is 0 Å². The number of halogens is 1. The lowest BCUT2D eigenvalue weighted by molar-refractivity contribution is -0.911. The van der Waals surface area contributed by atoms with E-state index in [1.165, 1.54) is 0 Å². The van der Waals surface area contributed by atoms with Gasteiger partial charge >= 0.3 is 0 Å². The summed E-state index contributed by atoms with van der Waals surface area (Å²) in [6.45, 7) is 15.9. The molecule has 0 aromatic rings. The monoisotopic (exact) mass is 328 g/mol. The molecule has 0 heterocycles. The van der Waals surface area contributed by atoms with Gasteiger partial charge in [0.2, 0.25) is 0 Å². The van der Waals surface area contributed by atoms with E-state index in [9.17, 15) is 0 Å². The van der Waals surface area contributed by atoms with Crippen LogP contribution in [0, 0.1) is 24.2 Å². The number of nitrogens with zero attached hydrogens (tertiary/aromatic N) is 2. The standard InChI is InChI=1S/C16H29N2.BrH/c1-6-15-18(9-4,10-5)16-13-11-12-14-17(7-2)8-3;/h1H,7-10,12,14-16H2,2-5H3;1H/q+1;/p-1. The molecule has 0 unspecified atom stereocenters. The van der Waals surface area contributed by atoms with E-state index in [-0.39, 0.29) is 17.0 Å². The van der Waals surface area contributed by atoms with Crippen molar-refractivity contribution in [2.75, 3.05) is 45.8 Å². The van der Waals surface area contributed by atoms with Crippen molar-refractivity contribution in [2.45, 2.75) is 34.1 Å². The van der Waals surface area contributed by atoms with Gasteiger partial charge in [0.1, 0.15) is 13.1 Å². The van der Waals surface area contributed by atoms with Crippen LogP contribution in [0.15, 0.2) is 0 Å². The number of rotatable bonds is 8. The highest BCUT2D eigenvalue weighted by Crippen LogP contribution is 2.04. The molecule has 0 aliphatic heterocycles. The minimum absolute atomic E-state index is 0. The molecule has 19 heavy (non-hydrogen) atoms. The molecule has 0 radical (unpaired) electrons. The highest BCUT2D eigenvalue weighted by molar-refractivity contribution is 5.00. The van der Waals surface area contributed by atoms with Crippen molar-refractivity contribution in [2.24, 2.45) is 0 Å². The van der Waals surface area contributed by atoms with E-state index in [0.717, 1.165) is 56.7 Å². The molecule has 110 valence electrons. The maximum Gasteiger partial charge on any atom is 0.141 e. The average Bonchev–Trinajstić information content (AvgIpc) is 2.41. The Balaban J connectivity index is 0. The van der Waals surface area contributed by atoms with Crippen LogP contribution in [0.2, 0.25) is 0 Å². The van der Waals surface area contributed by atoms with Crippen LogP contribution in [-0.2, 0) is 0 Å². The van der Waals surface area contributed by atoms with E-state index in [1.807, 2.05) is 0 Å². The first-order valence-electron chi connectivity index (χ1n) is 7.14. The quantitative estimate of drug-likeness (QED) is 0.417. The summed E-state index contributed by atoms with van der Waals surface area (Å²) in [6, 6.07) is 0. The summed E-state index contributed by atoms with van der Waals surface area (Å²) < 4.78 is 0.925. The molecule has 2 nitrogen and oxygen atoms in total. The fourth-order valence-electron chi connectivity index (χ4n) is 1.99. The maximum absolute atomic E-state index is 5.45. The SMILES string of the molecule is C#CC[N+](CC)(CC)CC#CCCN(CC)CC.[Br-]. The Morgan fingerprint density at radius 2 is 1.53 bits per heavy atom. The molecule has 0 amide bonds. The molecule has 0 spiro atoms. The number of hydrogen-bond donors (Lipinski definition) is 0. The summed E-state index contributed by atoms with van der Waals surface area (Å²) in [5.74, 6) is 9.39. The summed E-state index contributed by atoms with van der Waals surface area (Å²) >= 11 is 0. The summed E-state index contributed by atoms with van der Waals surface area (Å²) in [4.78, 5) is 2.40. The lowest BCUT2D eigenvalue weighted by atomic mass is 10.3. The van der Waals surface area contributed by atoms with E-state index < -0.39 is 0 Å². The average molecular weight is 329 g/mol. The van der Waals surface area contributed by atoms with Gasteiger partial charge in [-0.15, -0.1) is 6.42 Å². The van der Waals surface area contributed by atoms with E-state index in [4.69, 9.17) is 6.42 Å². The van der Waals surface area contributed by atoms with Gasteiger partial charge in [-0.3, -0.25) is 0 Å². The molecule has 0 rings (SSSR count). The Labute approximate surface area is 130 Å². The van der Waals surface area contributed by atoms with Crippen molar-refractivity contribution in [3.8, 4) is 24.2 Å². The third kappa shape index (κ3) is 8.32. The molecule has 0 N–H and O–H groups in total. The van der Waals surface area contributed by atoms with Crippen molar-refractivity contribution in [3.63, 3.8) is 0 Å². The third-order valence-electron chi connectivity index (χ3n) is 3.76. The Hall–Kier alpha value is -0.480. The van der Waals surface area contributed by atoms with Crippen LogP contribution in [0.4, 0.5) is 0 Å². The minimum Gasteiger partial charge on any atom is -1.00 e. The van der Waals surface area contributed by atoms with Crippen LogP contribution < -0.4 is 17.0 Å². The molecule has 0 bridgehead atoms. The summed E-state index contributed by atoms with van der Waals surface area (Å²) in [7, 11) is 0. The maximum atomic E-state index is 5.45. The zero-order valence-electron chi connectivity index (χ0n) is 13.0. The second-order valence-electron chi connectivity index (χ2n) is 4.62. The zero-order chi connectivity index (χ0) is 13.9. The molecule has 0 aliphatic carbocycles. The van der Waals surface area contributed by atoms with Gasteiger partial charge < -0.3 is 26.4 Å². The predicted octanol–water partition coefficient (Wildman–Crippen LogP) is -0.784. The van der Waals surface area contributed by atoms with Crippen LogP contribution in [-0.4, -0.2) is 55.2 Å². The Morgan fingerprint density at radius 1 is 0.947 bits per heavy atom. The van der Waals surface area contributed by atoms with E-state index in [1.54, 1.807) is 0 Å². The fraction of sp³-hybridized carbons (Fsp3) is 0.750. The van der Waals surface area contributed by atoms with Gasteiger partial charge in [-0.2, -0.15) is 0 Å². The molecular formula is C16H29BrN2. The van der Waals surface area contributed by atoms with Gasteiger partial charge in [-0.1, -0.05) is 19.8 Å². The van der Waals surface area contributed by atoms with Crippen molar-refractivity contribution in [3.05, 3.63) is 0 Å². The van der Waals surface area contributed by atoms with E-state index >= 15 is 0 Å². The van der Waals surface area contributed by atoms with Crippen LogP contribution in [0.5, 0.6) is 0 Å². The van der Waals surface area contributed by atoms with Gasteiger partial charge in [0.25, 0.3) is 0 Å². The highest BCUT2D eigenvalue weighted by Gasteiger charge is 2.19. The van der Waals surface area contributed by atoms with Crippen molar-refractivity contribution in [1.82, 2.24) is 4.90 Å². The van der Waals surface area contributed by atoms with Gasteiger partial charge in [-0.25, -0.2) is 0 Å². The topological polar surface area (TPSA) is 3.24 Å². The first-order chi connectivity index (χ1) is 8.67. The molecule has 0 aliphatic rings. The Kier molecular flexibility index (Phi) is 13.8. The number of quaternary nitrogens is 1. The summed E-state index contributed by atoms with van der Waals surface area (Å²) in [6.07, 6.45) is 6.41. The van der Waals surface area contributed by atoms with Crippen LogP contribution in [0.1, 0.15) is 34.1 Å².